The largest absolute Gasteiger partial charge is 0.469 e. The molecule has 0 rings (SSSR count). The van der Waals surface area contributed by atoms with E-state index in [0.29, 0.717) is 19.4 Å². The van der Waals surface area contributed by atoms with Gasteiger partial charge in [0.25, 0.3) is 0 Å². The van der Waals surface area contributed by atoms with Crippen molar-refractivity contribution in [1.29, 1.82) is 0 Å². The van der Waals surface area contributed by atoms with Crippen LogP contribution in [0.15, 0.2) is 0 Å². The van der Waals surface area contributed by atoms with Gasteiger partial charge in [-0.15, -0.1) is 0 Å². The lowest BCUT2D eigenvalue weighted by atomic mass is 10.3. The number of unbranched alkanes of at least 4 members (excludes halogenated alkanes) is 1. The second kappa shape index (κ2) is 7.64. The number of hydrogen-bond acceptors (Lipinski definition) is 5. The highest BCUT2D eigenvalue weighted by Crippen LogP contribution is 2.02. The fourth-order valence-electron chi connectivity index (χ4n) is 1.11. The minimum atomic E-state index is -3.02. The SMILES string of the molecule is COC(=O)CCCS(=O)(=O)CCCCN. The summed E-state index contributed by atoms with van der Waals surface area (Å²) < 4.78 is 27.2. The van der Waals surface area contributed by atoms with E-state index >= 15 is 0 Å². The molecule has 0 aromatic carbocycles. The Morgan fingerprint density at radius 1 is 1.20 bits per heavy atom. The minimum Gasteiger partial charge on any atom is -0.469 e. The van der Waals surface area contributed by atoms with Crippen LogP contribution in [0.1, 0.15) is 25.7 Å². The molecular weight excluding hydrogens is 218 g/mol. The van der Waals surface area contributed by atoms with Gasteiger partial charge in [-0.3, -0.25) is 4.79 Å². The van der Waals surface area contributed by atoms with Crippen LogP contribution in [0.25, 0.3) is 0 Å². The molecule has 6 heteroatoms. The number of esters is 1. The first kappa shape index (κ1) is 14.4. The minimum absolute atomic E-state index is 0.0483. The average molecular weight is 237 g/mol. The second-order valence-electron chi connectivity index (χ2n) is 3.33. The number of sulfone groups is 1. The number of ether oxygens (including phenoxy) is 1. The molecular formula is C9H19NO4S. The zero-order chi connectivity index (χ0) is 11.7. The van der Waals surface area contributed by atoms with Crippen molar-refractivity contribution in [3.8, 4) is 0 Å². The zero-order valence-electron chi connectivity index (χ0n) is 9.07. The first-order valence-electron chi connectivity index (χ1n) is 4.99. The molecule has 0 saturated heterocycles. The van der Waals surface area contributed by atoms with Gasteiger partial charge in [0.15, 0.2) is 0 Å². The Morgan fingerprint density at radius 3 is 2.33 bits per heavy atom. The quantitative estimate of drug-likeness (QED) is 0.477. The summed E-state index contributed by atoms with van der Waals surface area (Å²) in [4.78, 5) is 10.7. The van der Waals surface area contributed by atoms with Crippen molar-refractivity contribution >= 4 is 15.8 Å². The van der Waals surface area contributed by atoms with E-state index < -0.39 is 9.84 Å². The van der Waals surface area contributed by atoms with Crippen LogP contribution in [-0.4, -0.2) is 39.5 Å². The van der Waals surface area contributed by atoms with Crippen LogP contribution in [0.2, 0.25) is 0 Å². The van der Waals surface area contributed by atoms with Crippen molar-refractivity contribution in [1.82, 2.24) is 0 Å². The fraction of sp³-hybridized carbons (Fsp3) is 0.889. The summed E-state index contributed by atoms with van der Waals surface area (Å²) in [5.41, 5.74) is 5.26. The van der Waals surface area contributed by atoms with Gasteiger partial charge >= 0.3 is 5.97 Å². The highest BCUT2D eigenvalue weighted by molar-refractivity contribution is 7.91. The van der Waals surface area contributed by atoms with Crippen molar-refractivity contribution < 1.29 is 17.9 Å². The summed E-state index contributed by atoms with van der Waals surface area (Å²) in [7, 11) is -1.73. The summed E-state index contributed by atoms with van der Waals surface area (Å²) in [6, 6.07) is 0. The molecule has 0 saturated carbocycles. The van der Waals surface area contributed by atoms with Gasteiger partial charge < -0.3 is 10.5 Å². The van der Waals surface area contributed by atoms with E-state index in [1.54, 1.807) is 0 Å². The molecule has 0 heterocycles. The van der Waals surface area contributed by atoms with Crippen molar-refractivity contribution in [2.24, 2.45) is 5.73 Å². The Labute approximate surface area is 90.9 Å². The van der Waals surface area contributed by atoms with Gasteiger partial charge in [0, 0.05) is 6.42 Å². The number of rotatable bonds is 8. The predicted octanol–water partition coefficient (Wildman–Crippen LogP) is 0.0933. The maximum atomic E-state index is 11.4. The maximum Gasteiger partial charge on any atom is 0.305 e. The maximum absolute atomic E-state index is 11.4. The molecule has 15 heavy (non-hydrogen) atoms. The van der Waals surface area contributed by atoms with Gasteiger partial charge in [-0.05, 0) is 25.8 Å². The molecule has 0 radical (unpaired) electrons. The van der Waals surface area contributed by atoms with E-state index in [4.69, 9.17) is 5.73 Å². The van der Waals surface area contributed by atoms with E-state index in [1.165, 1.54) is 7.11 Å². The molecule has 0 aliphatic heterocycles. The third-order valence-corrected chi connectivity index (χ3v) is 3.79. The molecule has 0 unspecified atom stereocenters. The van der Waals surface area contributed by atoms with Crippen LogP contribution in [0.4, 0.5) is 0 Å². The summed E-state index contributed by atoms with van der Waals surface area (Å²) in [6.07, 6.45) is 1.80. The van der Waals surface area contributed by atoms with Crippen LogP contribution in [0.3, 0.4) is 0 Å². The van der Waals surface area contributed by atoms with Crippen LogP contribution < -0.4 is 5.73 Å². The van der Waals surface area contributed by atoms with E-state index in [9.17, 15) is 13.2 Å². The van der Waals surface area contributed by atoms with Gasteiger partial charge in [0.1, 0.15) is 9.84 Å². The Balaban J connectivity index is 3.70. The van der Waals surface area contributed by atoms with Crippen LogP contribution >= 0.6 is 0 Å². The van der Waals surface area contributed by atoms with Crippen LogP contribution in [0, 0.1) is 0 Å². The molecule has 0 fully saturated rings. The Morgan fingerprint density at radius 2 is 1.80 bits per heavy atom. The molecule has 0 aromatic rings. The topological polar surface area (TPSA) is 86.5 Å². The third kappa shape index (κ3) is 8.38. The van der Waals surface area contributed by atoms with Gasteiger partial charge in [0.05, 0.1) is 18.6 Å². The van der Waals surface area contributed by atoms with E-state index in [0.717, 1.165) is 6.42 Å². The number of carbonyl (C=O) groups is 1. The standard InChI is InChI=1S/C9H19NO4S/c1-14-9(11)5-4-8-15(12,13)7-3-2-6-10/h2-8,10H2,1H3. The Bertz CT molecular complexity index is 274. The second-order valence-corrected chi connectivity index (χ2v) is 5.63. The highest BCUT2D eigenvalue weighted by Gasteiger charge is 2.11. The predicted molar refractivity (Wildman–Crippen MR) is 58.2 cm³/mol. The van der Waals surface area contributed by atoms with E-state index in [1.807, 2.05) is 0 Å². The number of nitrogens with two attached hydrogens (primary N) is 1. The van der Waals surface area contributed by atoms with Crippen molar-refractivity contribution in [3.05, 3.63) is 0 Å². The molecule has 0 aliphatic rings. The molecule has 5 nitrogen and oxygen atoms in total. The zero-order valence-corrected chi connectivity index (χ0v) is 9.88. The van der Waals surface area contributed by atoms with E-state index in [2.05, 4.69) is 4.74 Å². The molecule has 0 bridgehead atoms. The molecule has 0 aliphatic carbocycles. The summed E-state index contributed by atoms with van der Waals surface area (Å²) in [5.74, 6) is -0.162. The summed E-state index contributed by atoms with van der Waals surface area (Å²) >= 11 is 0. The molecule has 0 atom stereocenters. The van der Waals surface area contributed by atoms with Crippen LogP contribution in [-0.2, 0) is 19.4 Å². The lowest BCUT2D eigenvalue weighted by Gasteiger charge is -2.03. The van der Waals surface area contributed by atoms with Crippen molar-refractivity contribution in [2.75, 3.05) is 25.2 Å². The monoisotopic (exact) mass is 237 g/mol. The van der Waals surface area contributed by atoms with Crippen LogP contribution in [0.5, 0.6) is 0 Å². The molecule has 90 valence electrons. The third-order valence-electron chi connectivity index (χ3n) is 1.97. The lowest BCUT2D eigenvalue weighted by Crippen LogP contribution is -2.14. The first-order valence-corrected chi connectivity index (χ1v) is 6.81. The van der Waals surface area contributed by atoms with Gasteiger partial charge in [-0.2, -0.15) is 0 Å². The van der Waals surface area contributed by atoms with Gasteiger partial charge in [-0.25, -0.2) is 8.42 Å². The van der Waals surface area contributed by atoms with Gasteiger partial charge in [-0.1, -0.05) is 0 Å². The normalized spacial score (nSPS) is 11.3. The summed E-state index contributed by atoms with van der Waals surface area (Å²) in [6.45, 7) is 0.512. The number of methoxy groups -OCH3 is 1. The van der Waals surface area contributed by atoms with Crippen molar-refractivity contribution in [3.63, 3.8) is 0 Å². The van der Waals surface area contributed by atoms with Crippen molar-refractivity contribution in [2.45, 2.75) is 25.7 Å². The van der Waals surface area contributed by atoms with E-state index in [-0.39, 0.29) is 23.9 Å². The van der Waals surface area contributed by atoms with Gasteiger partial charge in [0.2, 0.25) is 0 Å². The number of carbonyl (C=O) groups excluding carboxylic acids is 1. The lowest BCUT2D eigenvalue weighted by molar-refractivity contribution is -0.140. The molecule has 2 N–H and O–H groups in total. The smallest absolute Gasteiger partial charge is 0.305 e. The molecule has 0 aromatic heterocycles. The highest BCUT2D eigenvalue weighted by atomic mass is 32.2. The fourth-order valence-corrected chi connectivity index (χ4v) is 2.54. The molecule has 0 spiro atoms. The molecule has 0 amide bonds. The Hall–Kier alpha value is -0.620. The first-order chi connectivity index (χ1) is 7.02. The average Bonchev–Trinajstić information content (AvgIpc) is 2.17. The summed E-state index contributed by atoms with van der Waals surface area (Å²) in [5, 5.41) is 0. The Kier molecular flexibility index (Phi) is 7.33. The number of hydrogen-bond donors (Lipinski definition) is 1.